The van der Waals surface area contributed by atoms with Crippen molar-refractivity contribution in [3.8, 4) is 5.75 Å². The van der Waals surface area contributed by atoms with Crippen LogP contribution in [-0.4, -0.2) is 35.5 Å². The fourth-order valence-corrected chi connectivity index (χ4v) is 3.21. The highest BCUT2D eigenvalue weighted by atomic mass is 127. The molecule has 0 aliphatic carbocycles. The number of carbonyl (C=O) groups is 4. The Morgan fingerprint density at radius 3 is 2.48 bits per heavy atom. The third kappa shape index (κ3) is 4.59. The number of barbiturate groups is 1. The lowest BCUT2D eigenvalue weighted by Gasteiger charge is -2.26. The molecular weight excluding hydrogens is 498 g/mol. The van der Waals surface area contributed by atoms with Crippen molar-refractivity contribution in [1.82, 2.24) is 5.32 Å². The number of imide groups is 2. The second-order valence-electron chi connectivity index (χ2n) is 5.81. The van der Waals surface area contributed by atoms with E-state index in [1.807, 2.05) is 22.6 Å². The van der Waals surface area contributed by atoms with E-state index in [9.17, 15) is 23.6 Å². The minimum atomic E-state index is -1.12. The third-order valence-electron chi connectivity index (χ3n) is 3.80. The predicted molar refractivity (Wildman–Crippen MR) is 108 cm³/mol. The molecule has 8 nitrogen and oxygen atoms in total. The van der Waals surface area contributed by atoms with Gasteiger partial charge in [0.15, 0.2) is 6.61 Å². The Morgan fingerprint density at radius 1 is 1.17 bits per heavy atom. The zero-order valence-corrected chi connectivity index (χ0v) is 16.7. The Balaban J connectivity index is 1.91. The number of rotatable bonds is 5. The summed E-state index contributed by atoms with van der Waals surface area (Å²) in [5.74, 6) is -3.05. The lowest BCUT2D eigenvalue weighted by Crippen LogP contribution is -2.54. The van der Waals surface area contributed by atoms with E-state index in [2.05, 4.69) is 5.32 Å². The first-order valence-electron chi connectivity index (χ1n) is 8.07. The number of carboxylic acids is 1. The van der Waals surface area contributed by atoms with Gasteiger partial charge in [-0.1, -0.05) is 6.07 Å². The summed E-state index contributed by atoms with van der Waals surface area (Å²) >= 11 is 1.92. The highest BCUT2D eigenvalue weighted by Gasteiger charge is 2.36. The van der Waals surface area contributed by atoms with Crippen LogP contribution >= 0.6 is 22.6 Å². The van der Waals surface area contributed by atoms with Gasteiger partial charge in [0.2, 0.25) is 0 Å². The molecule has 0 radical (unpaired) electrons. The smallest absolute Gasteiger partial charge is 0.341 e. The number of ether oxygens (including phenoxy) is 1. The number of aliphatic carboxylic acids is 1. The average molecular weight is 510 g/mol. The van der Waals surface area contributed by atoms with Crippen LogP contribution in [0.4, 0.5) is 14.9 Å². The van der Waals surface area contributed by atoms with Gasteiger partial charge in [-0.3, -0.25) is 14.9 Å². The van der Waals surface area contributed by atoms with Gasteiger partial charge < -0.3 is 9.84 Å². The van der Waals surface area contributed by atoms with E-state index < -0.39 is 36.2 Å². The first kappa shape index (κ1) is 20.5. The summed E-state index contributed by atoms with van der Waals surface area (Å²) in [6.07, 6.45) is 1.30. The van der Waals surface area contributed by atoms with Gasteiger partial charge in [0, 0.05) is 0 Å². The molecule has 0 saturated carbocycles. The first-order chi connectivity index (χ1) is 13.8. The lowest BCUT2D eigenvalue weighted by molar-refractivity contribution is -0.139. The quantitative estimate of drug-likeness (QED) is 0.364. The molecule has 1 heterocycles. The summed E-state index contributed by atoms with van der Waals surface area (Å²) in [5.41, 5.74) is 0.284. The molecule has 1 aliphatic heterocycles. The molecule has 2 aromatic carbocycles. The third-order valence-corrected chi connectivity index (χ3v) is 4.65. The number of carboxylic acid groups (broad SMARTS) is 1. The number of nitrogens with zero attached hydrogens (tertiary/aromatic N) is 1. The molecular formula is C19H12FIN2O6. The molecule has 0 atom stereocenters. The van der Waals surface area contributed by atoms with E-state index in [-0.39, 0.29) is 11.3 Å². The first-order valence-corrected chi connectivity index (χ1v) is 9.15. The van der Waals surface area contributed by atoms with Crippen molar-refractivity contribution < 1.29 is 33.4 Å². The van der Waals surface area contributed by atoms with Gasteiger partial charge in [-0.25, -0.2) is 18.9 Å². The van der Waals surface area contributed by atoms with Crippen LogP contribution in [0.5, 0.6) is 5.75 Å². The van der Waals surface area contributed by atoms with E-state index in [1.54, 1.807) is 6.07 Å². The molecule has 4 amide bonds. The number of nitrogens with one attached hydrogen (secondary N) is 1. The van der Waals surface area contributed by atoms with Crippen molar-refractivity contribution in [3.05, 3.63) is 63.0 Å². The Kier molecular flexibility index (Phi) is 5.92. The summed E-state index contributed by atoms with van der Waals surface area (Å²) in [6, 6.07) is 8.37. The van der Waals surface area contributed by atoms with Crippen molar-refractivity contribution in [2.75, 3.05) is 11.5 Å². The number of halogens is 2. The number of urea groups is 1. The molecule has 29 heavy (non-hydrogen) atoms. The highest BCUT2D eigenvalue weighted by molar-refractivity contribution is 14.1. The minimum absolute atomic E-state index is 0.110. The van der Waals surface area contributed by atoms with E-state index in [0.29, 0.717) is 14.9 Å². The van der Waals surface area contributed by atoms with Gasteiger partial charge in [0.1, 0.15) is 17.1 Å². The van der Waals surface area contributed by atoms with Crippen LogP contribution in [-0.2, 0) is 14.4 Å². The predicted octanol–water partition coefficient (Wildman–Crippen LogP) is 2.56. The van der Waals surface area contributed by atoms with Crippen molar-refractivity contribution in [2.24, 2.45) is 0 Å². The largest absolute Gasteiger partial charge is 0.481 e. The molecule has 0 unspecified atom stereocenters. The summed E-state index contributed by atoms with van der Waals surface area (Å²) in [5, 5.41) is 10.8. The summed E-state index contributed by atoms with van der Waals surface area (Å²) in [6.45, 7) is -0.508. The maximum Gasteiger partial charge on any atom is 0.341 e. The monoisotopic (exact) mass is 510 g/mol. The fourth-order valence-electron chi connectivity index (χ4n) is 2.51. The van der Waals surface area contributed by atoms with Crippen molar-refractivity contribution in [3.63, 3.8) is 0 Å². The number of hydrogen-bond donors (Lipinski definition) is 2. The van der Waals surface area contributed by atoms with E-state index >= 15 is 0 Å². The molecule has 1 saturated heterocycles. The number of carbonyl (C=O) groups excluding carboxylic acids is 3. The lowest BCUT2D eigenvalue weighted by atomic mass is 10.1. The average Bonchev–Trinajstić information content (AvgIpc) is 2.65. The molecule has 3 rings (SSSR count). The summed E-state index contributed by atoms with van der Waals surface area (Å²) < 4.78 is 18.8. The van der Waals surface area contributed by atoms with Crippen molar-refractivity contribution in [2.45, 2.75) is 0 Å². The normalized spacial score (nSPS) is 15.4. The number of amides is 4. The molecule has 1 fully saturated rings. The number of anilines is 1. The standard InChI is InChI=1S/C19H12FIN2O6/c20-11-2-4-12(5-3-11)23-18(27)13(17(26)22-19(23)28)7-10-1-6-15(14(21)8-10)29-9-16(24)25/h1-8H,9H2,(H,24,25)(H,22,26,28)/b13-7+. The highest BCUT2D eigenvalue weighted by Crippen LogP contribution is 2.25. The van der Waals surface area contributed by atoms with E-state index in [0.717, 1.165) is 17.0 Å². The van der Waals surface area contributed by atoms with Gasteiger partial charge in [-0.05, 0) is 70.6 Å². The van der Waals surface area contributed by atoms with Crippen LogP contribution in [0.1, 0.15) is 5.56 Å². The van der Waals surface area contributed by atoms with Crippen LogP contribution < -0.4 is 15.0 Å². The molecule has 0 spiro atoms. The Hall–Kier alpha value is -3.28. The second kappa shape index (κ2) is 8.39. The van der Waals surface area contributed by atoms with Crippen molar-refractivity contribution in [1.29, 1.82) is 0 Å². The van der Waals surface area contributed by atoms with Crippen LogP contribution in [0.3, 0.4) is 0 Å². The molecule has 148 valence electrons. The van der Waals surface area contributed by atoms with E-state index in [4.69, 9.17) is 9.84 Å². The molecule has 0 bridgehead atoms. The zero-order valence-electron chi connectivity index (χ0n) is 14.5. The molecule has 2 N–H and O–H groups in total. The van der Waals surface area contributed by atoms with Gasteiger partial charge in [0.25, 0.3) is 11.8 Å². The van der Waals surface area contributed by atoms with Crippen LogP contribution in [0.2, 0.25) is 0 Å². The Morgan fingerprint density at radius 2 is 1.86 bits per heavy atom. The van der Waals surface area contributed by atoms with Crippen LogP contribution in [0, 0.1) is 9.39 Å². The maximum absolute atomic E-state index is 13.1. The van der Waals surface area contributed by atoms with Gasteiger partial charge in [-0.2, -0.15) is 0 Å². The molecule has 10 heteroatoms. The Bertz CT molecular complexity index is 1050. The minimum Gasteiger partial charge on any atom is -0.481 e. The SMILES string of the molecule is O=C(O)COc1ccc(/C=C2\C(=O)NC(=O)N(c3ccc(F)cc3)C2=O)cc1I. The van der Waals surface area contributed by atoms with Crippen LogP contribution in [0.15, 0.2) is 48.0 Å². The van der Waals surface area contributed by atoms with Crippen LogP contribution in [0.25, 0.3) is 6.08 Å². The fraction of sp³-hybridized carbons (Fsp3) is 0.0526. The van der Waals surface area contributed by atoms with Crippen molar-refractivity contribution >= 4 is 58.2 Å². The summed E-state index contributed by atoms with van der Waals surface area (Å²) in [4.78, 5) is 48.4. The number of hydrogen-bond acceptors (Lipinski definition) is 5. The maximum atomic E-state index is 13.1. The molecule has 2 aromatic rings. The second-order valence-corrected chi connectivity index (χ2v) is 6.97. The topological polar surface area (TPSA) is 113 Å². The van der Waals surface area contributed by atoms with Gasteiger partial charge >= 0.3 is 12.0 Å². The molecule has 0 aromatic heterocycles. The summed E-state index contributed by atoms with van der Waals surface area (Å²) in [7, 11) is 0. The van der Waals surface area contributed by atoms with Gasteiger partial charge in [0.05, 0.1) is 9.26 Å². The van der Waals surface area contributed by atoms with E-state index in [1.165, 1.54) is 30.3 Å². The number of benzene rings is 2. The molecule has 1 aliphatic rings. The zero-order chi connectivity index (χ0) is 21.1. The Labute approximate surface area is 177 Å². The van der Waals surface area contributed by atoms with Gasteiger partial charge in [-0.15, -0.1) is 0 Å².